The predicted octanol–water partition coefficient (Wildman–Crippen LogP) is 4.06. The molecule has 6 heteroatoms. The van der Waals surface area contributed by atoms with E-state index in [9.17, 15) is 4.79 Å². The first-order valence-electron chi connectivity index (χ1n) is 10.9. The minimum atomic E-state index is 0.00113. The molecule has 2 aromatic heterocycles. The summed E-state index contributed by atoms with van der Waals surface area (Å²) in [6.45, 7) is 4.58. The van der Waals surface area contributed by atoms with Crippen molar-refractivity contribution in [2.75, 3.05) is 31.6 Å². The molecule has 5 rings (SSSR count). The van der Waals surface area contributed by atoms with Gasteiger partial charge in [-0.2, -0.15) is 0 Å². The molecule has 1 spiro atoms. The molecule has 2 aliphatic rings. The molecule has 1 unspecified atom stereocenters. The standard InChI is InChI=1S/C25H28N4OS/c1-28-11-4-9-25(17-28)18-29(16-19-5-2-10-26-14-19)23-8-7-20(13-22(23)25)24(30)27-15-21-6-3-12-31-21/h2-3,5-8,10,12-14H,4,9,11,15-18H2,1H3,(H,27,30). The number of pyridine rings is 1. The average Bonchev–Trinajstić information content (AvgIpc) is 3.40. The van der Waals surface area contributed by atoms with Gasteiger partial charge < -0.3 is 15.1 Å². The van der Waals surface area contributed by atoms with E-state index in [0.29, 0.717) is 6.54 Å². The number of carbonyl (C=O) groups excluding carboxylic acids is 1. The zero-order valence-corrected chi connectivity index (χ0v) is 18.7. The van der Waals surface area contributed by atoms with Crippen molar-refractivity contribution >= 4 is 22.9 Å². The summed E-state index contributed by atoms with van der Waals surface area (Å²) >= 11 is 1.67. The van der Waals surface area contributed by atoms with Crippen molar-refractivity contribution in [3.8, 4) is 0 Å². The third-order valence-corrected chi connectivity index (χ3v) is 7.41. The van der Waals surface area contributed by atoms with Gasteiger partial charge in [-0.15, -0.1) is 11.3 Å². The average molecular weight is 433 g/mol. The van der Waals surface area contributed by atoms with Gasteiger partial charge in [-0.3, -0.25) is 9.78 Å². The van der Waals surface area contributed by atoms with E-state index in [-0.39, 0.29) is 11.3 Å². The zero-order chi connectivity index (χ0) is 21.3. The second kappa shape index (κ2) is 8.44. The van der Waals surface area contributed by atoms with Gasteiger partial charge in [0.05, 0.1) is 6.54 Å². The molecule has 160 valence electrons. The van der Waals surface area contributed by atoms with E-state index in [2.05, 4.69) is 51.4 Å². The number of benzene rings is 1. The molecule has 1 N–H and O–H groups in total. The fourth-order valence-corrected chi connectivity index (χ4v) is 5.80. The third kappa shape index (κ3) is 4.10. The fraction of sp³-hybridized carbons (Fsp3) is 0.360. The first-order valence-corrected chi connectivity index (χ1v) is 11.8. The van der Waals surface area contributed by atoms with Gasteiger partial charge in [0.1, 0.15) is 0 Å². The van der Waals surface area contributed by atoms with Gasteiger partial charge in [0, 0.05) is 53.6 Å². The molecule has 0 aliphatic carbocycles. The fourth-order valence-electron chi connectivity index (χ4n) is 5.16. The van der Waals surface area contributed by atoms with Crippen LogP contribution in [-0.4, -0.2) is 42.5 Å². The number of anilines is 1. The highest BCUT2D eigenvalue weighted by Gasteiger charge is 2.45. The summed E-state index contributed by atoms with van der Waals surface area (Å²) in [5.74, 6) is 0.00113. The maximum absolute atomic E-state index is 12.9. The summed E-state index contributed by atoms with van der Waals surface area (Å²) in [5, 5.41) is 5.12. The SMILES string of the molecule is CN1CCCC2(C1)CN(Cc1cccnc1)c1ccc(C(=O)NCc3cccs3)cc12. The Morgan fingerprint density at radius 3 is 2.94 bits per heavy atom. The van der Waals surface area contributed by atoms with Gasteiger partial charge in [0.15, 0.2) is 0 Å². The Labute approximate surface area is 187 Å². The summed E-state index contributed by atoms with van der Waals surface area (Å²) in [6.07, 6.45) is 6.11. The topological polar surface area (TPSA) is 48.5 Å². The van der Waals surface area contributed by atoms with Gasteiger partial charge in [-0.1, -0.05) is 12.1 Å². The van der Waals surface area contributed by atoms with E-state index < -0.39 is 0 Å². The van der Waals surface area contributed by atoms with Crippen LogP contribution in [0.5, 0.6) is 0 Å². The zero-order valence-electron chi connectivity index (χ0n) is 17.9. The Hall–Kier alpha value is -2.70. The molecule has 5 nitrogen and oxygen atoms in total. The van der Waals surface area contributed by atoms with Gasteiger partial charge in [0.25, 0.3) is 5.91 Å². The Balaban J connectivity index is 1.44. The second-order valence-corrected chi connectivity index (χ2v) is 9.87. The molecule has 1 saturated heterocycles. The van der Waals surface area contributed by atoms with Crippen molar-refractivity contribution < 1.29 is 4.79 Å². The number of fused-ring (bicyclic) bond motifs is 2. The number of nitrogens with one attached hydrogen (secondary N) is 1. The van der Waals surface area contributed by atoms with Crippen LogP contribution in [0.3, 0.4) is 0 Å². The lowest BCUT2D eigenvalue weighted by molar-refractivity contribution is 0.0951. The molecule has 0 radical (unpaired) electrons. The first-order chi connectivity index (χ1) is 15.1. The van der Waals surface area contributed by atoms with Crippen molar-refractivity contribution in [1.29, 1.82) is 0 Å². The van der Waals surface area contributed by atoms with E-state index in [4.69, 9.17) is 0 Å². The van der Waals surface area contributed by atoms with E-state index in [1.54, 1.807) is 11.3 Å². The number of hydrogen-bond acceptors (Lipinski definition) is 5. The van der Waals surface area contributed by atoms with Crippen LogP contribution in [0.2, 0.25) is 0 Å². The normalized spacial score (nSPS) is 20.7. The van der Waals surface area contributed by atoms with Crippen LogP contribution >= 0.6 is 11.3 Å². The largest absolute Gasteiger partial charge is 0.366 e. The summed E-state index contributed by atoms with van der Waals surface area (Å²) < 4.78 is 0. The number of amides is 1. The van der Waals surface area contributed by atoms with Gasteiger partial charge in [-0.05, 0) is 73.3 Å². The minimum Gasteiger partial charge on any atom is -0.366 e. The van der Waals surface area contributed by atoms with E-state index in [1.807, 2.05) is 36.0 Å². The highest BCUT2D eigenvalue weighted by atomic mass is 32.1. The van der Waals surface area contributed by atoms with Crippen LogP contribution in [0, 0.1) is 0 Å². The number of carbonyl (C=O) groups is 1. The smallest absolute Gasteiger partial charge is 0.251 e. The number of rotatable bonds is 5. The van der Waals surface area contributed by atoms with E-state index in [0.717, 1.165) is 38.2 Å². The molecule has 0 saturated carbocycles. The highest BCUT2D eigenvalue weighted by molar-refractivity contribution is 7.09. The lowest BCUT2D eigenvalue weighted by atomic mass is 9.75. The van der Waals surface area contributed by atoms with Crippen molar-refractivity contribution in [2.24, 2.45) is 0 Å². The molecule has 1 amide bonds. The molecule has 4 heterocycles. The number of likely N-dealkylation sites (tertiary alicyclic amines) is 1. The molecule has 0 bridgehead atoms. The number of nitrogens with zero attached hydrogens (tertiary/aromatic N) is 3. The van der Waals surface area contributed by atoms with Gasteiger partial charge in [-0.25, -0.2) is 0 Å². The summed E-state index contributed by atoms with van der Waals surface area (Å²) in [7, 11) is 2.21. The second-order valence-electron chi connectivity index (χ2n) is 8.83. The number of piperidine rings is 1. The van der Waals surface area contributed by atoms with Crippen LogP contribution in [0.25, 0.3) is 0 Å². The van der Waals surface area contributed by atoms with Crippen LogP contribution in [-0.2, 0) is 18.5 Å². The molecule has 1 fully saturated rings. The van der Waals surface area contributed by atoms with Crippen molar-refractivity contribution in [3.63, 3.8) is 0 Å². The lowest BCUT2D eigenvalue weighted by Crippen LogP contribution is -2.47. The molecular formula is C25H28N4OS. The third-order valence-electron chi connectivity index (χ3n) is 6.53. The Morgan fingerprint density at radius 2 is 2.16 bits per heavy atom. The van der Waals surface area contributed by atoms with Crippen molar-refractivity contribution in [3.05, 3.63) is 81.8 Å². The van der Waals surface area contributed by atoms with Crippen LogP contribution < -0.4 is 10.2 Å². The summed E-state index contributed by atoms with van der Waals surface area (Å²) in [6, 6.07) is 14.5. The van der Waals surface area contributed by atoms with Gasteiger partial charge in [0.2, 0.25) is 0 Å². The molecule has 3 aromatic rings. The maximum atomic E-state index is 12.9. The quantitative estimate of drug-likeness (QED) is 0.661. The monoisotopic (exact) mass is 432 g/mol. The first kappa shape index (κ1) is 20.2. The number of thiophene rings is 1. The maximum Gasteiger partial charge on any atom is 0.251 e. The van der Waals surface area contributed by atoms with E-state index in [1.165, 1.54) is 28.1 Å². The van der Waals surface area contributed by atoms with Crippen molar-refractivity contribution in [2.45, 2.75) is 31.3 Å². The Bertz CT molecular complexity index is 1050. The molecule has 1 atom stereocenters. The Kier molecular flexibility index (Phi) is 5.50. The number of hydrogen-bond donors (Lipinski definition) is 1. The van der Waals surface area contributed by atoms with Crippen LogP contribution in [0.15, 0.2) is 60.2 Å². The van der Waals surface area contributed by atoms with Crippen molar-refractivity contribution in [1.82, 2.24) is 15.2 Å². The summed E-state index contributed by atoms with van der Waals surface area (Å²) in [5.41, 5.74) is 4.63. The van der Waals surface area contributed by atoms with Crippen LogP contribution in [0.1, 0.15) is 39.2 Å². The molecule has 1 aromatic carbocycles. The molecular weight excluding hydrogens is 404 g/mol. The Morgan fingerprint density at radius 1 is 1.23 bits per heavy atom. The lowest BCUT2D eigenvalue weighted by Gasteiger charge is -2.39. The number of aromatic nitrogens is 1. The minimum absolute atomic E-state index is 0.00113. The number of likely N-dealkylation sites (N-methyl/N-ethyl adjacent to an activating group) is 1. The van der Waals surface area contributed by atoms with E-state index >= 15 is 0 Å². The summed E-state index contributed by atoms with van der Waals surface area (Å²) in [4.78, 5) is 23.3. The molecule has 31 heavy (non-hydrogen) atoms. The highest BCUT2D eigenvalue weighted by Crippen LogP contribution is 2.46. The predicted molar refractivity (Wildman–Crippen MR) is 126 cm³/mol. The van der Waals surface area contributed by atoms with Gasteiger partial charge >= 0.3 is 0 Å². The molecule has 2 aliphatic heterocycles. The van der Waals surface area contributed by atoms with Crippen LogP contribution in [0.4, 0.5) is 5.69 Å².